The molecule has 0 bridgehead atoms. The fourth-order valence-electron chi connectivity index (χ4n) is 0. The third-order valence-electron chi connectivity index (χ3n) is 0. The molecular weight excluding hydrogens is 397 g/mol. The standard InChI is InChI=1S/7FH.Nb.2Rb/h7*1H;;;/q;;;;;;;+5;2*+1/p-7. The van der Waals surface area contributed by atoms with Crippen molar-refractivity contribution < 1.29 is 155 Å². The monoisotopic (exact) mass is 396 g/mol. The zero-order valence-corrected chi connectivity index (χ0v) is 17.1. The van der Waals surface area contributed by atoms with Crippen LogP contribution >= 0.6 is 0 Å². The topological polar surface area (TPSA) is 0 Å². The van der Waals surface area contributed by atoms with E-state index in [1.165, 1.54) is 0 Å². The van der Waals surface area contributed by atoms with Gasteiger partial charge in [-0.1, -0.05) is 0 Å². The maximum Gasteiger partial charge on any atom is 1.00 e. The minimum absolute atomic E-state index is 0. The molecule has 0 spiro atoms. The molecule has 0 aliphatic rings. The normalized spacial score (nSPS) is 21.7. The van der Waals surface area contributed by atoms with Crippen LogP contribution < -0.4 is 116 Å². The molecular formula is F7NbRb2. The minimum Gasteiger partial charge on any atom is 1.00 e. The molecule has 0 fully saturated rings. The molecule has 0 saturated heterocycles. The van der Waals surface area contributed by atoms with Crippen LogP contribution in [0.25, 0.3) is 0 Å². The van der Waals surface area contributed by atoms with Crippen molar-refractivity contribution in [2.24, 2.45) is 0 Å². The van der Waals surface area contributed by atoms with Crippen molar-refractivity contribution in [1.29, 1.82) is 0 Å². The summed E-state index contributed by atoms with van der Waals surface area (Å²) in [4.78, 5) is 0. The molecule has 0 saturated carbocycles. The molecule has 0 nitrogen and oxygen atoms in total. The molecule has 0 heterocycles. The van der Waals surface area contributed by atoms with Gasteiger partial charge >= 0.3 is 155 Å². The molecule has 0 aromatic carbocycles. The predicted octanol–water partition coefficient (Wildman–Crippen LogP) is -3.05. The van der Waals surface area contributed by atoms with E-state index in [0.717, 1.165) is 0 Å². The SMILES string of the molecule is [F][Nb-2]([F])([F])([F])([F])([F])[F].[Rb+].[Rb+]. The van der Waals surface area contributed by atoms with Crippen molar-refractivity contribution in [3.63, 3.8) is 0 Å². The third kappa shape index (κ3) is 93.9. The van der Waals surface area contributed by atoms with Crippen molar-refractivity contribution in [1.82, 2.24) is 0 Å². The predicted molar refractivity (Wildman–Crippen MR) is 7.76 cm³/mol. The summed E-state index contributed by atoms with van der Waals surface area (Å²) in [6.45, 7) is 0. The first-order valence-electron chi connectivity index (χ1n) is 1.18. The van der Waals surface area contributed by atoms with E-state index in [-0.39, 0.29) is 116 Å². The van der Waals surface area contributed by atoms with Gasteiger partial charge in [-0.15, -0.1) is 0 Å². The van der Waals surface area contributed by atoms with Gasteiger partial charge < -0.3 is 0 Å². The van der Waals surface area contributed by atoms with Gasteiger partial charge in [0.2, 0.25) is 0 Å². The molecule has 0 aromatic heterocycles. The molecule has 10 heteroatoms. The molecule has 0 aliphatic carbocycles. The van der Waals surface area contributed by atoms with Crippen LogP contribution in [-0.4, -0.2) is 0 Å². The average molecular weight is 397 g/mol. The summed E-state index contributed by atoms with van der Waals surface area (Å²) in [7, 11) is 0. The van der Waals surface area contributed by atoms with E-state index in [1.54, 1.807) is 0 Å². The third-order valence-corrected chi connectivity index (χ3v) is 0. The van der Waals surface area contributed by atoms with E-state index < -0.39 is 17.0 Å². The number of rotatable bonds is 0. The number of halogens is 7. The Morgan fingerprint density at radius 2 is 0.500 bits per heavy atom. The van der Waals surface area contributed by atoms with Gasteiger partial charge in [-0.05, 0) is 0 Å². The molecule has 0 amide bonds. The molecule has 0 aromatic rings. The summed E-state index contributed by atoms with van der Waals surface area (Å²) >= 11 is -13.3. The fourth-order valence-corrected chi connectivity index (χ4v) is 0. The van der Waals surface area contributed by atoms with Crippen LogP contribution in [0.15, 0.2) is 0 Å². The van der Waals surface area contributed by atoms with Crippen molar-refractivity contribution in [3.8, 4) is 0 Å². The summed E-state index contributed by atoms with van der Waals surface area (Å²) in [5.74, 6) is 0. The summed E-state index contributed by atoms with van der Waals surface area (Å²) < 4.78 is 69.6. The van der Waals surface area contributed by atoms with Crippen LogP contribution in [0.5, 0.6) is 0 Å². The molecule has 0 atom stereocenters. The van der Waals surface area contributed by atoms with Gasteiger partial charge in [-0.25, -0.2) is 0 Å². The maximum absolute atomic E-state index is 13.3. The molecule has 0 unspecified atom stereocenters. The van der Waals surface area contributed by atoms with Crippen LogP contribution in [0.1, 0.15) is 0 Å². The first-order chi connectivity index (χ1) is 2.65. The first-order valence-corrected chi connectivity index (χ1v) is 7.00. The molecule has 0 aliphatic heterocycles. The Balaban J connectivity index is -0.000000245. The fraction of sp³-hybridized carbons (Fsp3) is 0. The van der Waals surface area contributed by atoms with E-state index in [0.29, 0.717) is 0 Å². The average Bonchev–Trinajstić information content (AvgIpc) is 0.544. The Morgan fingerprint density at radius 3 is 0.500 bits per heavy atom. The summed E-state index contributed by atoms with van der Waals surface area (Å²) in [5, 5.41) is 0. The summed E-state index contributed by atoms with van der Waals surface area (Å²) in [5.41, 5.74) is 0. The zero-order valence-electron chi connectivity index (χ0n) is 5.09. The van der Waals surface area contributed by atoms with Crippen LogP contribution in [0.2, 0.25) is 0 Å². The second kappa shape index (κ2) is 2.93. The number of hydrogen-bond donors (Lipinski definition) is 0. The van der Waals surface area contributed by atoms with Crippen LogP contribution in [0.3, 0.4) is 0 Å². The molecule has 0 N–H and O–H groups in total. The van der Waals surface area contributed by atoms with Gasteiger partial charge in [0, 0.05) is 0 Å². The quantitative estimate of drug-likeness (QED) is 0.301. The van der Waals surface area contributed by atoms with Gasteiger partial charge in [0.15, 0.2) is 0 Å². The largest absolute Gasteiger partial charge is 1.00 e. The van der Waals surface area contributed by atoms with Crippen LogP contribution in [0.4, 0.5) is 21.2 Å². The molecule has 56 valence electrons. The van der Waals surface area contributed by atoms with Crippen molar-refractivity contribution in [2.45, 2.75) is 0 Å². The van der Waals surface area contributed by atoms with Gasteiger partial charge in [0.1, 0.15) is 0 Å². The molecule has 10 heavy (non-hydrogen) atoms. The van der Waals surface area contributed by atoms with E-state index >= 15 is 0 Å². The van der Waals surface area contributed by atoms with Crippen molar-refractivity contribution in [3.05, 3.63) is 0 Å². The molecule has 0 radical (unpaired) electrons. The summed E-state index contributed by atoms with van der Waals surface area (Å²) in [6.07, 6.45) is 0. The zero-order chi connectivity index (χ0) is 7.38. The Morgan fingerprint density at radius 1 is 0.500 bits per heavy atom. The Hall–Kier alpha value is 3.86. The van der Waals surface area contributed by atoms with Crippen molar-refractivity contribution >= 4 is 0 Å². The van der Waals surface area contributed by atoms with Gasteiger partial charge in [0.05, 0.1) is 0 Å². The Labute approximate surface area is 150 Å². The van der Waals surface area contributed by atoms with Crippen LogP contribution in [0, 0.1) is 0 Å². The van der Waals surface area contributed by atoms with Gasteiger partial charge in [-0.2, -0.15) is 0 Å². The second-order valence-corrected chi connectivity index (χ2v) is 7.94. The van der Waals surface area contributed by atoms with E-state index in [1.807, 2.05) is 0 Å². The molecule has 0 rings (SSSR count). The van der Waals surface area contributed by atoms with Gasteiger partial charge in [-0.3, -0.25) is 0 Å². The summed E-state index contributed by atoms with van der Waals surface area (Å²) in [6, 6.07) is 0. The van der Waals surface area contributed by atoms with E-state index in [2.05, 4.69) is 0 Å². The Bertz CT molecular complexity index is 104. The van der Waals surface area contributed by atoms with Crippen molar-refractivity contribution in [2.75, 3.05) is 0 Å². The van der Waals surface area contributed by atoms with E-state index in [9.17, 15) is 21.2 Å². The van der Waals surface area contributed by atoms with E-state index in [4.69, 9.17) is 0 Å². The second-order valence-electron chi connectivity index (χ2n) is 1.34. The maximum atomic E-state index is 9.94. The smallest absolute Gasteiger partial charge is 1.00 e. The Kier molecular flexibility index (Phi) is 5.69. The first kappa shape index (κ1) is 19.4. The van der Waals surface area contributed by atoms with Gasteiger partial charge in [0.25, 0.3) is 0 Å². The minimum atomic E-state index is -13.3. The van der Waals surface area contributed by atoms with Crippen LogP contribution in [-0.2, 0) is 17.0 Å². The number of hydrogen-bond acceptors (Lipinski definition) is 0.